The van der Waals surface area contributed by atoms with Crippen molar-refractivity contribution >= 4 is 0 Å². The van der Waals surface area contributed by atoms with Crippen molar-refractivity contribution in [1.82, 2.24) is 0 Å². The fraction of sp³-hybridized carbons (Fsp3) is 0.333. The topological polar surface area (TPSA) is 9.23 Å². The minimum absolute atomic E-state index is 0.483. The van der Waals surface area contributed by atoms with Crippen LogP contribution in [-0.2, 0) is 0 Å². The zero-order chi connectivity index (χ0) is 12.0. The van der Waals surface area contributed by atoms with E-state index in [9.17, 15) is 0 Å². The van der Waals surface area contributed by atoms with E-state index in [0.717, 1.165) is 11.5 Å². The second-order valence-electron chi connectivity index (χ2n) is 4.23. The van der Waals surface area contributed by atoms with E-state index >= 15 is 0 Å². The first-order valence-corrected chi connectivity index (χ1v) is 5.71. The van der Waals surface area contributed by atoms with Gasteiger partial charge in [-0.3, -0.25) is 0 Å². The molecule has 0 amide bonds. The second kappa shape index (κ2) is 6.16. The maximum atomic E-state index is 5.80. The van der Waals surface area contributed by atoms with Crippen molar-refractivity contribution in [3.05, 3.63) is 53.8 Å². The normalized spacial score (nSPS) is 12.4. The SMILES string of the molecule is C/C=C\C(=C/C(C)C)Oc1ccc(C)cc1. The third-order valence-electron chi connectivity index (χ3n) is 2.09. The molecule has 0 heterocycles. The van der Waals surface area contributed by atoms with Gasteiger partial charge in [0.15, 0.2) is 0 Å². The Bertz CT molecular complexity index is 369. The van der Waals surface area contributed by atoms with Crippen LogP contribution < -0.4 is 4.74 Å². The van der Waals surface area contributed by atoms with Crippen LogP contribution in [-0.4, -0.2) is 0 Å². The Labute approximate surface area is 98.5 Å². The third-order valence-corrected chi connectivity index (χ3v) is 2.09. The largest absolute Gasteiger partial charge is 0.458 e. The number of benzene rings is 1. The molecule has 1 rings (SSSR count). The van der Waals surface area contributed by atoms with Crippen LogP contribution >= 0.6 is 0 Å². The summed E-state index contributed by atoms with van der Waals surface area (Å²) in [5, 5.41) is 0. The highest BCUT2D eigenvalue weighted by atomic mass is 16.5. The van der Waals surface area contributed by atoms with E-state index in [2.05, 4.69) is 39.0 Å². The van der Waals surface area contributed by atoms with Gasteiger partial charge in [-0.1, -0.05) is 37.6 Å². The first kappa shape index (κ1) is 12.6. The minimum Gasteiger partial charge on any atom is -0.458 e. The summed E-state index contributed by atoms with van der Waals surface area (Å²) in [6.07, 6.45) is 6.09. The molecule has 1 aromatic rings. The van der Waals surface area contributed by atoms with E-state index in [1.807, 2.05) is 31.2 Å². The lowest BCUT2D eigenvalue weighted by Gasteiger charge is -2.08. The Hall–Kier alpha value is -1.50. The Morgan fingerprint density at radius 2 is 1.81 bits per heavy atom. The molecule has 0 aliphatic heterocycles. The van der Waals surface area contributed by atoms with Crippen LogP contribution in [0.1, 0.15) is 26.3 Å². The predicted octanol–water partition coefficient (Wildman–Crippen LogP) is 4.49. The summed E-state index contributed by atoms with van der Waals surface area (Å²) in [5.41, 5.74) is 1.24. The summed E-state index contributed by atoms with van der Waals surface area (Å²) >= 11 is 0. The van der Waals surface area contributed by atoms with Gasteiger partial charge in [0, 0.05) is 0 Å². The third kappa shape index (κ3) is 4.35. The van der Waals surface area contributed by atoms with Crippen LogP contribution in [0.3, 0.4) is 0 Å². The molecule has 0 unspecified atom stereocenters. The van der Waals surface area contributed by atoms with Gasteiger partial charge in [0.2, 0.25) is 0 Å². The van der Waals surface area contributed by atoms with Crippen molar-refractivity contribution in [2.24, 2.45) is 5.92 Å². The first-order chi connectivity index (χ1) is 7.61. The van der Waals surface area contributed by atoms with Crippen molar-refractivity contribution in [1.29, 1.82) is 0 Å². The second-order valence-corrected chi connectivity index (χ2v) is 4.23. The average molecular weight is 216 g/mol. The highest BCUT2D eigenvalue weighted by Crippen LogP contribution is 2.16. The molecular formula is C15H20O. The van der Waals surface area contributed by atoms with Crippen LogP contribution in [0.25, 0.3) is 0 Å². The summed E-state index contributed by atoms with van der Waals surface area (Å²) in [5.74, 6) is 2.27. The van der Waals surface area contributed by atoms with E-state index < -0.39 is 0 Å². The van der Waals surface area contributed by atoms with Gasteiger partial charge >= 0.3 is 0 Å². The average Bonchev–Trinajstić information content (AvgIpc) is 2.21. The van der Waals surface area contributed by atoms with E-state index in [-0.39, 0.29) is 0 Å². The van der Waals surface area contributed by atoms with Crippen LogP contribution in [0.4, 0.5) is 0 Å². The summed E-state index contributed by atoms with van der Waals surface area (Å²) in [6, 6.07) is 8.09. The Morgan fingerprint density at radius 1 is 1.19 bits per heavy atom. The molecule has 0 N–H and O–H groups in total. The molecule has 0 aliphatic rings. The van der Waals surface area contributed by atoms with Crippen molar-refractivity contribution in [3.63, 3.8) is 0 Å². The van der Waals surface area contributed by atoms with E-state index in [1.165, 1.54) is 5.56 Å². The molecule has 0 saturated carbocycles. The molecule has 0 radical (unpaired) electrons. The number of hydrogen-bond acceptors (Lipinski definition) is 1. The maximum absolute atomic E-state index is 5.80. The molecule has 0 aromatic heterocycles. The number of ether oxygens (including phenoxy) is 1. The maximum Gasteiger partial charge on any atom is 0.127 e. The summed E-state index contributed by atoms with van der Waals surface area (Å²) < 4.78 is 5.80. The molecule has 1 aromatic carbocycles. The number of rotatable bonds is 4. The molecule has 86 valence electrons. The van der Waals surface area contributed by atoms with E-state index in [0.29, 0.717) is 5.92 Å². The zero-order valence-corrected chi connectivity index (χ0v) is 10.5. The molecule has 16 heavy (non-hydrogen) atoms. The first-order valence-electron chi connectivity index (χ1n) is 5.71. The van der Waals surface area contributed by atoms with Crippen molar-refractivity contribution < 1.29 is 4.74 Å². The lowest BCUT2D eigenvalue weighted by atomic mass is 10.2. The van der Waals surface area contributed by atoms with Crippen LogP contribution in [0.5, 0.6) is 5.75 Å². The highest BCUT2D eigenvalue weighted by Gasteiger charge is 1.98. The van der Waals surface area contributed by atoms with Crippen LogP contribution in [0, 0.1) is 12.8 Å². The van der Waals surface area contributed by atoms with Gasteiger partial charge in [0.1, 0.15) is 11.5 Å². The molecule has 0 bridgehead atoms. The number of hydrogen-bond donors (Lipinski definition) is 0. The summed E-state index contributed by atoms with van der Waals surface area (Å²) in [6.45, 7) is 8.34. The Morgan fingerprint density at radius 3 is 2.31 bits per heavy atom. The van der Waals surface area contributed by atoms with Gasteiger partial charge in [-0.25, -0.2) is 0 Å². The van der Waals surface area contributed by atoms with Gasteiger partial charge in [-0.05, 0) is 44.1 Å². The van der Waals surface area contributed by atoms with Gasteiger partial charge in [0.25, 0.3) is 0 Å². The van der Waals surface area contributed by atoms with Gasteiger partial charge in [-0.2, -0.15) is 0 Å². The lowest BCUT2D eigenvalue weighted by Crippen LogP contribution is -1.95. The molecular weight excluding hydrogens is 196 g/mol. The minimum atomic E-state index is 0.483. The standard InChI is InChI=1S/C15H20O/c1-5-6-15(11-12(2)3)16-14-9-7-13(4)8-10-14/h5-12H,1-4H3/b6-5-,15-11+. The number of aryl methyl sites for hydroxylation is 1. The summed E-state index contributed by atoms with van der Waals surface area (Å²) in [7, 11) is 0. The smallest absolute Gasteiger partial charge is 0.127 e. The molecule has 1 nitrogen and oxygen atoms in total. The van der Waals surface area contributed by atoms with Crippen LogP contribution in [0.2, 0.25) is 0 Å². The molecule has 0 fully saturated rings. The number of allylic oxidation sites excluding steroid dienone is 3. The molecule has 0 atom stereocenters. The monoisotopic (exact) mass is 216 g/mol. The highest BCUT2D eigenvalue weighted by molar-refractivity contribution is 5.29. The fourth-order valence-electron chi connectivity index (χ4n) is 1.36. The van der Waals surface area contributed by atoms with Gasteiger partial charge < -0.3 is 4.74 Å². The van der Waals surface area contributed by atoms with Crippen molar-refractivity contribution in [2.75, 3.05) is 0 Å². The molecule has 1 heteroatoms. The predicted molar refractivity (Wildman–Crippen MR) is 69.5 cm³/mol. The van der Waals surface area contributed by atoms with Gasteiger partial charge in [0.05, 0.1) is 0 Å². The molecule has 0 spiro atoms. The molecule has 0 saturated heterocycles. The Kier molecular flexibility index (Phi) is 4.84. The summed E-state index contributed by atoms with van der Waals surface area (Å²) in [4.78, 5) is 0. The zero-order valence-electron chi connectivity index (χ0n) is 10.5. The molecule has 0 aliphatic carbocycles. The van der Waals surface area contributed by atoms with Crippen molar-refractivity contribution in [3.8, 4) is 5.75 Å². The quantitative estimate of drug-likeness (QED) is 0.532. The fourth-order valence-corrected chi connectivity index (χ4v) is 1.36. The van der Waals surface area contributed by atoms with E-state index in [4.69, 9.17) is 4.74 Å². The lowest BCUT2D eigenvalue weighted by molar-refractivity contribution is 0.438. The van der Waals surface area contributed by atoms with Crippen molar-refractivity contribution in [2.45, 2.75) is 27.7 Å². The van der Waals surface area contributed by atoms with Crippen LogP contribution in [0.15, 0.2) is 48.3 Å². The Balaban J connectivity index is 2.79. The van der Waals surface area contributed by atoms with E-state index in [1.54, 1.807) is 0 Å². The van der Waals surface area contributed by atoms with Gasteiger partial charge in [-0.15, -0.1) is 0 Å².